The quantitative estimate of drug-likeness (QED) is 0.101. The van der Waals surface area contributed by atoms with Gasteiger partial charge in [0.1, 0.15) is 6.54 Å². The summed E-state index contributed by atoms with van der Waals surface area (Å²) in [7, 11) is 0. The molecule has 5 heteroatoms. The molecular formula is C30H34BrN4+. The maximum absolute atomic E-state index is 4.87. The van der Waals surface area contributed by atoms with Gasteiger partial charge in [-0.3, -0.25) is 9.97 Å². The Morgan fingerprint density at radius 3 is 1.63 bits per heavy atom. The Morgan fingerprint density at radius 2 is 1.11 bits per heavy atom. The molecule has 0 N–H and O–H groups in total. The van der Waals surface area contributed by atoms with Crippen LogP contribution in [0.4, 0.5) is 0 Å². The summed E-state index contributed by atoms with van der Waals surface area (Å²) in [5.41, 5.74) is 5.72. The van der Waals surface area contributed by atoms with Crippen LogP contribution in [-0.4, -0.2) is 20.3 Å². The minimum Gasteiger partial charge on any atom is -0.255 e. The molecule has 4 aromatic rings. The molecule has 0 radical (unpaired) electrons. The lowest BCUT2D eigenvalue weighted by molar-refractivity contribution is -0.697. The van der Waals surface area contributed by atoms with Crippen LogP contribution in [0.2, 0.25) is 0 Å². The molecule has 4 aromatic heterocycles. The van der Waals surface area contributed by atoms with E-state index in [0.29, 0.717) is 0 Å². The maximum atomic E-state index is 4.87. The van der Waals surface area contributed by atoms with Crippen LogP contribution in [0.1, 0.15) is 51.4 Å². The van der Waals surface area contributed by atoms with Gasteiger partial charge in [-0.2, -0.15) is 0 Å². The lowest BCUT2D eigenvalue weighted by Gasteiger charge is -2.09. The summed E-state index contributed by atoms with van der Waals surface area (Å²) in [6.45, 7) is 1.07. The molecule has 0 aliphatic heterocycles. The molecule has 35 heavy (non-hydrogen) atoms. The largest absolute Gasteiger partial charge is 0.255 e. The van der Waals surface area contributed by atoms with Crippen molar-refractivity contribution < 1.29 is 4.57 Å². The van der Waals surface area contributed by atoms with Crippen LogP contribution >= 0.6 is 15.9 Å². The molecule has 0 unspecified atom stereocenters. The molecule has 0 saturated carbocycles. The van der Waals surface area contributed by atoms with E-state index in [-0.39, 0.29) is 0 Å². The maximum Gasteiger partial charge on any atom is 0.169 e. The zero-order valence-electron chi connectivity index (χ0n) is 20.3. The molecule has 0 spiro atoms. The summed E-state index contributed by atoms with van der Waals surface area (Å²) in [6, 6.07) is 20.5. The van der Waals surface area contributed by atoms with Crippen molar-refractivity contribution in [1.29, 1.82) is 0 Å². The van der Waals surface area contributed by atoms with Gasteiger partial charge >= 0.3 is 0 Å². The monoisotopic (exact) mass is 529 g/mol. The summed E-state index contributed by atoms with van der Waals surface area (Å²) in [5, 5.41) is 1.14. The van der Waals surface area contributed by atoms with Crippen LogP contribution in [0.3, 0.4) is 0 Å². The molecular weight excluding hydrogens is 496 g/mol. The Labute approximate surface area is 217 Å². The van der Waals surface area contributed by atoms with Crippen molar-refractivity contribution in [3.05, 3.63) is 85.5 Å². The highest BCUT2D eigenvalue weighted by Crippen LogP contribution is 2.28. The Balaban J connectivity index is 1.41. The highest BCUT2D eigenvalue weighted by Gasteiger charge is 2.11. The molecule has 0 aliphatic carbocycles. The van der Waals surface area contributed by atoms with E-state index >= 15 is 0 Å². The molecule has 0 amide bonds. The number of aromatic nitrogens is 4. The van der Waals surface area contributed by atoms with Crippen LogP contribution < -0.4 is 4.57 Å². The van der Waals surface area contributed by atoms with Crippen LogP contribution in [0.5, 0.6) is 0 Å². The number of nitrogens with zero attached hydrogens (tertiary/aromatic N) is 4. The fraction of sp³-hybridized carbons (Fsp3) is 0.333. The van der Waals surface area contributed by atoms with Crippen molar-refractivity contribution in [2.24, 2.45) is 0 Å². The first-order chi connectivity index (χ1) is 17.3. The Kier molecular flexibility index (Phi) is 9.96. The highest BCUT2D eigenvalue weighted by molar-refractivity contribution is 9.09. The van der Waals surface area contributed by atoms with Gasteiger partial charge in [0.2, 0.25) is 0 Å². The van der Waals surface area contributed by atoms with Gasteiger partial charge in [-0.1, -0.05) is 60.2 Å². The van der Waals surface area contributed by atoms with E-state index in [4.69, 9.17) is 4.98 Å². The minimum absolute atomic E-state index is 0.854. The van der Waals surface area contributed by atoms with E-state index in [2.05, 4.69) is 67.1 Å². The lowest BCUT2D eigenvalue weighted by Crippen LogP contribution is -2.32. The Bertz CT molecular complexity index is 1090. The van der Waals surface area contributed by atoms with Gasteiger partial charge < -0.3 is 0 Å². The molecule has 0 saturated heterocycles. The van der Waals surface area contributed by atoms with Crippen molar-refractivity contribution in [2.45, 2.75) is 57.9 Å². The predicted octanol–water partition coefficient (Wildman–Crippen LogP) is 7.68. The molecule has 4 heterocycles. The van der Waals surface area contributed by atoms with E-state index in [1.54, 1.807) is 12.4 Å². The standard InChI is InChI=1S/C30H34BrN4/c31-17-9-5-3-1-2-4-6-12-20-35-21-15-25(16-22-35)26-23-29(27-13-7-10-18-32-27)34-30(24-26)28-14-8-11-19-33-28/h7-8,10-11,13-16,18-19,21-24H,1-6,9,12,17,20H2/q+1. The van der Waals surface area contributed by atoms with Crippen LogP contribution in [0.15, 0.2) is 85.5 Å². The lowest BCUT2D eigenvalue weighted by atomic mass is 10.0. The SMILES string of the molecule is BrCCCCCCCCCC[n+]1ccc(-c2cc(-c3ccccn3)nc(-c3ccccn3)c2)cc1. The molecule has 0 fully saturated rings. The second-order valence-electron chi connectivity index (χ2n) is 8.90. The first kappa shape index (κ1) is 25.2. The van der Waals surface area contributed by atoms with Crippen LogP contribution in [0.25, 0.3) is 33.9 Å². The molecule has 0 atom stereocenters. The fourth-order valence-electron chi connectivity index (χ4n) is 4.24. The zero-order chi connectivity index (χ0) is 24.1. The van der Waals surface area contributed by atoms with Crippen molar-refractivity contribution in [2.75, 3.05) is 5.33 Å². The first-order valence-electron chi connectivity index (χ1n) is 12.7. The van der Waals surface area contributed by atoms with Gasteiger partial charge in [0.05, 0.1) is 22.8 Å². The normalized spacial score (nSPS) is 11.0. The third-order valence-electron chi connectivity index (χ3n) is 6.20. The highest BCUT2D eigenvalue weighted by atomic mass is 79.9. The smallest absolute Gasteiger partial charge is 0.169 e. The minimum atomic E-state index is 0.854. The summed E-state index contributed by atoms with van der Waals surface area (Å²) in [5.74, 6) is 0. The second-order valence-corrected chi connectivity index (χ2v) is 9.69. The average molecular weight is 531 g/mol. The Hall–Kier alpha value is -2.92. The zero-order valence-corrected chi connectivity index (χ0v) is 21.9. The molecule has 4 rings (SSSR count). The fourth-order valence-corrected chi connectivity index (χ4v) is 4.63. The van der Waals surface area contributed by atoms with Gasteiger partial charge in [-0.25, -0.2) is 9.55 Å². The van der Waals surface area contributed by atoms with Crippen molar-refractivity contribution in [1.82, 2.24) is 15.0 Å². The van der Waals surface area contributed by atoms with E-state index in [9.17, 15) is 0 Å². The van der Waals surface area contributed by atoms with Crippen molar-refractivity contribution in [3.8, 4) is 33.9 Å². The van der Waals surface area contributed by atoms with E-state index in [0.717, 1.165) is 40.2 Å². The molecule has 0 aliphatic rings. The number of pyridine rings is 4. The third-order valence-corrected chi connectivity index (χ3v) is 6.77. The number of halogens is 1. The number of hydrogen-bond acceptors (Lipinski definition) is 3. The summed E-state index contributed by atoms with van der Waals surface area (Å²) in [4.78, 5) is 13.9. The topological polar surface area (TPSA) is 42.5 Å². The predicted molar refractivity (Wildman–Crippen MR) is 147 cm³/mol. The third kappa shape index (κ3) is 7.79. The van der Waals surface area contributed by atoms with Gasteiger partial charge in [0, 0.05) is 36.3 Å². The summed E-state index contributed by atoms with van der Waals surface area (Å²) in [6.07, 6.45) is 18.7. The molecule has 180 valence electrons. The number of hydrogen-bond donors (Lipinski definition) is 0. The number of unbranched alkanes of at least 4 members (excludes halogenated alkanes) is 7. The van der Waals surface area contributed by atoms with Crippen LogP contribution in [-0.2, 0) is 6.54 Å². The number of aryl methyl sites for hydroxylation is 1. The molecule has 4 nitrogen and oxygen atoms in total. The van der Waals surface area contributed by atoms with E-state index in [1.165, 1.54) is 56.9 Å². The van der Waals surface area contributed by atoms with Gasteiger partial charge in [-0.05, 0) is 60.4 Å². The number of alkyl halides is 1. The average Bonchev–Trinajstić information content (AvgIpc) is 2.93. The van der Waals surface area contributed by atoms with Gasteiger partial charge in [0.15, 0.2) is 12.4 Å². The number of rotatable bonds is 13. The summed E-state index contributed by atoms with van der Waals surface area (Å²) < 4.78 is 2.29. The van der Waals surface area contributed by atoms with Crippen LogP contribution in [0, 0.1) is 0 Å². The molecule has 0 aromatic carbocycles. The van der Waals surface area contributed by atoms with E-state index in [1.807, 2.05) is 36.4 Å². The molecule has 0 bridgehead atoms. The van der Waals surface area contributed by atoms with Crippen molar-refractivity contribution in [3.63, 3.8) is 0 Å². The van der Waals surface area contributed by atoms with Gasteiger partial charge in [-0.15, -0.1) is 0 Å². The second kappa shape index (κ2) is 13.8. The van der Waals surface area contributed by atoms with Gasteiger partial charge in [0.25, 0.3) is 0 Å². The first-order valence-corrected chi connectivity index (χ1v) is 13.9. The van der Waals surface area contributed by atoms with E-state index < -0.39 is 0 Å². The summed E-state index contributed by atoms with van der Waals surface area (Å²) >= 11 is 3.51. The van der Waals surface area contributed by atoms with Crippen molar-refractivity contribution >= 4 is 15.9 Å². The Morgan fingerprint density at radius 1 is 0.571 bits per heavy atom.